The molecule has 0 aliphatic heterocycles. The molecule has 0 aliphatic rings. The molecule has 3 nitrogen and oxygen atoms in total. The van der Waals surface area contributed by atoms with Crippen LogP contribution in [0.3, 0.4) is 0 Å². The van der Waals surface area contributed by atoms with Gasteiger partial charge in [-0.2, -0.15) is 5.52 Å². The summed E-state index contributed by atoms with van der Waals surface area (Å²) < 4.78 is 0. The predicted molar refractivity (Wildman–Crippen MR) is 217 cm³/mol. The summed E-state index contributed by atoms with van der Waals surface area (Å²) in [4.78, 5) is 15.2. The van der Waals surface area contributed by atoms with E-state index in [2.05, 4.69) is 154 Å². The van der Waals surface area contributed by atoms with Gasteiger partial charge in [-0.15, -0.1) is 35.3 Å². The number of aryl methyl sites for hydroxylation is 2. The Morgan fingerprint density at radius 2 is 1.06 bits per heavy atom. The van der Waals surface area contributed by atoms with Gasteiger partial charge in [0.1, 0.15) is 0 Å². The molecule has 3 heterocycles. The van der Waals surface area contributed by atoms with Crippen molar-refractivity contribution >= 4 is 21.8 Å². The Labute approximate surface area is 324 Å². The van der Waals surface area contributed by atoms with Gasteiger partial charge in [0.05, 0.1) is 5.69 Å². The van der Waals surface area contributed by atoms with Crippen LogP contribution in [0.25, 0.3) is 66.6 Å². The third-order valence-electron chi connectivity index (χ3n) is 10.2. The Bertz CT molecular complexity index is 2410. The number of aromatic nitrogens is 3. The van der Waals surface area contributed by atoms with Crippen LogP contribution in [0.2, 0.25) is 0 Å². The first kappa shape index (κ1) is 37.4. The molecule has 0 radical (unpaired) electrons. The zero-order valence-electron chi connectivity index (χ0n) is 32.4. The molecule has 3 aromatic heterocycles. The summed E-state index contributed by atoms with van der Waals surface area (Å²) in [5.41, 5.74) is 16.8. The molecule has 0 saturated heterocycles. The summed E-state index contributed by atoms with van der Waals surface area (Å²) in [5.74, 6) is 0. The summed E-state index contributed by atoms with van der Waals surface area (Å²) in [6, 6.07) is 34.5. The number of rotatable bonds is 4. The van der Waals surface area contributed by atoms with E-state index in [1.165, 1.54) is 38.9 Å². The minimum atomic E-state index is -0.0740. The normalized spacial score (nSPS) is 12.4. The molecule has 7 rings (SSSR count). The summed E-state index contributed by atoms with van der Waals surface area (Å²) in [6.45, 7) is 25.0. The number of fused-ring (bicyclic) bond motifs is 3. The third-order valence-corrected chi connectivity index (χ3v) is 10.2. The van der Waals surface area contributed by atoms with Gasteiger partial charge in [0.25, 0.3) is 0 Å². The molecule has 52 heavy (non-hydrogen) atoms. The Hall–Kier alpha value is -4.33. The molecule has 0 bridgehead atoms. The van der Waals surface area contributed by atoms with Crippen LogP contribution in [0.15, 0.2) is 97.3 Å². The van der Waals surface area contributed by atoms with Gasteiger partial charge in [-0.05, 0) is 104 Å². The monoisotopic (exact) mass is 862 g/mol. The zero-order valence-corrected chi connectivity index (χ0v) is 34.7. The van der Waals surface area contributed by atoms with E-state index in [1.807, 2.05) is 30.6 Å². The van der Waals surface area contributed by atoms with E-state index in [0.717, 1.165) is 55.4 Å². The summed E-state index contributed by atoms with van der Waals surface area (Å²) in [6.07, 6.45) is 3.79. The molecule has 266 valence electrons. The maximum Gasteiger partial charge on any atom is 2.00 e. The van der Waals surface area contributed by atoms with Gasteiger partial charge in [0.2, 0.25) is 0 Å². The van der Waals surface area contributed by atoms with E-state index in [-0.39, 0.29) is 37.3 Å². The second kappa shape index (κ2) is 13.6. The first-order valence-corrected chi connectivity index (χ1v) is 18.1. The van der Waals surface area contributed by atoms with Crippen LogP contribution in [0.4, 0.5) is 0 Å². The van der Waals surface area contributed by atoms with Gasteiger partial charge in [-0.3, -0.25) is 9.97 Å². The van der Waals surface area contributed by atoms with Gasteiger partial charge < -0.3 is 4.98 Å². The van der Waals surface area contributed by atoms with Crippen LogP contribution in [-0.2, 0) is 37.3 Å². The van der Waals surface area contributed by atoms with Crippen molar-refractivity contribution in [2.45, 2.75) is 92.4 Å². The molecule has 0 saturated carbocycles. The van der Waals surface area contributed by atoms with Crippen LogP contribution in [0, 0.1) is 19.9 Å². The first-order chi connectivity index (χ1) is 24.0. The minimum Gasteiger partial charge on any atom is -0.662 e. The van der Waals surface area contributed by atoms with Crippen molar-refractivity contribution in [3.05, 3.63) is 131 Å². The topological polar surface area (TPSA) is 39.9 Å². The average molecular weight is 863 g/mol. The molecule has 0 N–H and O–H groups in total. The van der Waals surface area contributed by atoms with Crippen LogP contribution in [0.1, 0.15) is 90.1 Å². The van der Waals surface area contributed by atoms with E-state index in [4.69, 9.17) is 9.97 Å². The summed E-state index contributed by atoms with van der Waals surface area (Å²) in [7, 11) is 0. The quantitative estimate of drug-likeness (QED) is 0.166. The van der Waals surface area contributed by atoms with Gasteiger partial charge in [0.15, 0.2) is 0 Å². The molecule has 0 atom stereocenters. The van der Waals surface area contributed by atoms with E-state index < -0.39 is 0 Å². The Balaban J connectivity index is 0.00000464. The number of pyridine rings is 2. The molecule has 4 aromatic carbocycles. The van der Waals surface area contributed by atoms with Gasteiger partial charge in [-0.25, -0.2) is 0 Å². The Morgan fingerprint density at radius 1 is 0.519 bits per heavy atom. The summed E-state index contributed by atoms with van der Waals surface area (Å²) >= 11 is 0. The van der Waals surface area contributed by atoms with Crippen LogP contribution in [0.5, 0.6) is 0 Å². The smallest absolute Gasteiger partial charge is 0.662 e. The molecule has 0 aliphatic carbocycles. The molecule has 0 amide bonds. The van der Waals surface area contributed by atoms with Crippen LogP contribution >= 0.6 is 0 Å². The Morgan fingerprint density at radius 3 is 1.63 bits per heavy atom. The second-order valence-electron chi connectivity index (χ2n) is 17.3. The number of benzene rings is 4. The van der Waals surface area contributed by atoms with E-state index >= 15 is 0 Å². The van der Waals surface area contributed by atoms with Crippen LogP contribution in [-0.4, -0.2) is 9.97 Å². The SMILES string of the molecule is Cc1cc(C(C)(C)C)cc(C)c1-c1ccnc(-c2cc(C(C)(C)C)cc3c2[n-]c2c(-c4[c-]c(-c5ccccn5)ccc4)cc(C(C)(C)C)cc23)c1.[Pt+2]. The Kier molecular flexibility index (Phi) is 9.77. The molecule has 7 aromatic rings. The van der Waals surface area contributed by atoms with Crippen molar-refractivity contribution in [1.29, 1.82) is 0 Å². The van der Waals surface area contributed by atoms with Crippen molar-refractivity contribution in [2.75, 3.05) is 0 Å². The molecular formula is C48H49N3Pt. The zero-order chi connectivity index (χ0) is 36.5. The molecule has 0 fully saturated rings. The van der Waals surface area contributed by atoms with Gasteiger partial charge >= 0.3 is 21.1 Å². The van der Waals surface area contributed by atoms with Crippen LogP contribution < -0.4 is 4.98 Å². The van der Waals surface area contributed by atoms with E-state index in [9.17, 15) is 0 Å². The van der Waals surface area contributed by atoms with Crippen molar-refractivity contribution < 1.29 is 21.1 Å². The molecule has 0 spiro atoms. The minimum absolute atomic E-state index is 0. The van der Waals surface area contributed by atoms with E-state index in [0.29, 0.717) is 0 Å². The largest absolute Gasteiger partial charge is 2.00 e. The van der Waals surface area contributed by atoms with Gasteiger partial charge in [-0.1, -0.05) is 122 Å². The fourth-order valence-corrected chi connectivity index (χ4v) is 7.18. The number of hydrogen-bond acceptors (Lipinski definition) is 2. The van der Waals surface area contributed by atoms with Crippen molar-refractivity contribution in [3.63, 3.8) is 0 Å². The first-order valence-electron chi connectivity index (χ1n) is 18.1. The average Bonchev–Trinajstić information content (AvgIpc) is 3.45. The maximum atomic E-state index is 5.52. The van der Waals surface area contributed by atoms with Crippen molar-refractivity contribution in [2.24, 2.45) is 0 Å². The molecule has 0 unspecified atom stereocenters. The standard InChI is InChI=1S/C48H49N3.Pt/c1-29-21-34(46(3,4)5)22-30(2)43(29)33-18-20-50-42(24-33)40-28-36(48(9,10)11)27-39-38-26-35(47(6,7)8)25-37(44(38)51-45(39)40)31-15-14-16-32(23-31)41-17-12-13-19-49-41;/h12-22,24-28H,1-11H3;/q-2;+2. The fourth-order valence-electron chi connectivity index (χ4n) is 7.18. The number of hydrogen-bond donors (Lipinski definition) is 0. The summed E-state index contributed by atoms with van der Waals surface area (Å²) in [5, 5.41) is 2.33. The van der Waals surface area contributed by atoms with E-state index in [1.54, 1.807) is 0 Å². The molecular weight excluding hydrogens is 814 g/mol. The number of nitrogens with zero attached hydrogens (tertiary/aromatic N) is 3. The second-order valence-corrected chi connectivity index (χ2v) is 17.3. The van der Waals surface area contributed by atoms with Crippen molar-refractivity contribution in [3.8, 4) is 44.8 Å². The predicted octanol–water partition coefficient (Wildman–Crippen LogP) is 12.7. The fraction of sp³-hybridized carbons (Fsp3) is 0.292. The maximum absolute atomic E-state index is 5.52. The van der Waals surface area contributed by atoms with Gasteiger partial charge in [0, 0.05) is 18.1 Å². The van der Waals surface area contributed by atoms with Crippen molar-refractivity contribution in [1.82, 2.24) is 15.0 Å². The molecule has 4 heteroatoms. The third kappa shape index (κ3) is 7.05.